The molecule has 4 nitrogen and oxygen atoms in total. The molecule has 1 atom stereocenters. The van der Waals surface area contributed by atoms with E-state index in [-0.39, 0.29) is 24.5 Å². The van der Waals surface area contributed by atoms with Gasteiger partial charge in [-0.25, -0.2) is 4.79 Å². The molecule has 0 amide bonds. The van der Waals surface area contributed by atoms with Gasteiger partial charge in [-0.2, -0.15) is 0 Å². The number of carbonyl (C=O) groups excluding carboxylic acids is 1. The standard InChI is InChI=1S/C13H19NO3.ClH/c1-3-12(15)9-14-8-10-4-6-11(7-5-10)13(16)17-2;/h4-7,12,14-15H,3,8-9H2,1-2H3;1H. The molecule has 1 aromatic rings. The highest BCUT2D eigenvalue weighted by atomic mass is 35.5. The van der Waals surface area contributed by atoms with Crippen molar-refractivity contribution in [2.24, 2.45) is 0 Å². The Balaban J connectivity index is 0.00000289. The molecule has 0 fully saturated rings. The van der Waals surface area contributed by atoms with Crippen molar-refractivity contribution in [3.63, 3.8) is 0 Å². The van der Waals surface area contributed by atoms with Crippen molar-refractivity contribution in [1.82, 2.24) is 5.32 Å². The molecule has 0 aromatic heterocycles. The first-order valence-electron chi connectivity index (χ1n) is 5.73. The number of methoxy groups -OCH3 is 1. The summed E-state index contributed by atoms with van der Waals surface area (Å²) >= 11 is 0. The molecule has 0 aliphatic rings. The largest absolute Gasteiger partial charge is 0.465 e. The smallest absolute Gasteiger partial charge is 0.337 e. The normalized spacial score (nSPS) is 11.5. The van der Waals surface area contributed by atoms with Gasteiger partial charge in [0.15, 0.2) is 0 Å². The van der Waals surface area contributed by atoms with E-state index in [2.05, 4.69) is 10.1 Å². The number of benzene rings is 1. The van der Waals surface area contributed by atoms with Crippen molar-refractivity contribution in [1.29, 1.82) is 0 Å². The van der Waals surface area contributed by atoms with Gasteiger partial charge in [0.25, 0.3) is 0 Å². The van der Waals surface area contributed by atoms with E-state index in [1.54, 1.807) is 12.1 Å². The molecule has 0 aliphatic carbocycles. The van der Waals surface area contributed by atoms with Gasteiger partial charge in [-0.15, -0.1) is 12.4 Å². The molecular weight excluding hydrogens is 254 g/mol. The van der Waals surface area contributed by atoms with Crippen LogP contribution in [0.4, 0.5) is 0 Å². The lowest BCUT2D eigenvalue weighted by molar-refractivity contribution is 0.0600. The van der Waals surface area contributed by atoms with Gasteiger partial charge in [-0.3, -0.25) is 0 Å². The van der Waals surface area contributed by atoms with E-state index < -0.39 is 0 Å². The highest BCUT2D eigenvalue weighted by Gasteiger charge is 2.04. The van der Waals surface area contributed by atoms with Crippen LogP contribution in [0.1, 0.15) is 29.3 Å². The van der Waals surface area contributed by atoms with Crippen LogP contribution in [0.3, 0.4) is 0 Å². The molecule has 0 saturated heterocycles. The Morgan fingerprint density at radius 1 is 1.39 bits per heavy atom. The summed E-state index contributed by atoms with van der Waals surface area (Å²) in [4.78, 5) is 11.2. The summed E-state index contributed by atoms with van der Waals surface area (Å²) < 4.78 is 4.62. The summed E-state index contributed by atoms with van der Waals surface area (Å²) in [7, 11) is 1.37. The molecule has 1 aromatic carbocycles. The monoisotopic (exact) mass is 273 g/mol. The zero-order valence-electron chi connectivity index (χ0n) is 10.7. The fourth-order valence-electron chi connectivity index (χ4n) is 1.40. The lowest BCUT2D eigenvalue weighted by Crippen LogP contribution is -2.25. The minimum Gasteiger partial charge on any atom is -0.465 e. The van der Waals surface area contributed by atoms with Crippen LogP contribution in [0.25, 0.3) is 0 Å². The summed E-state index contributed by atoms with van der Waals surface area (Å²) in [5, 5.41) is 12.5. The highest BCUT2D eigenvalue weighted by Crippen LogP contribution is 2.05. The van der Waals surface area contributed by atoms with Crippen LogP contribution < -0.4 is 5.32 Å². The van der Waals surface area contributed by atoms with Crippen LogP contribution >= 0.6 is 12.4 Å². The topological polar surface area (TPSA) is 58.6 Å². The maximum Gasteiger partial charge on any atom is 0.337 e. The molecule has 18 heavy (non-hydrogen) atoms. The van der Waals surface area contributed by atoms with Crippen molar-refractivity contribution in [3.05, 3.63) is 35.4 Å². The average molecular weight is 274 g/mol. The number of nitrogens with one attached hydrogen (secondary N) is 1. The molecule has 0 saturated carbocycles. The third-order valence-electron chi connectivity index (χ3n) is 2.56. The van der Waals surface area contributed by atoms with Gasteiger partial charge < -0.3 is 15.2 Å². The van der Waals surface area contributed by atoms with Gasteiger partial charge in [0.1, 0.15) is 0 Å². The van der Waals surface area contributed by atoms with Gasteiger partial charge >= 0.3 is 5.97 Å². The van der Waals surface area contributed by atoms with Crippen molar-refractivity contribution in [3.8, 4) is 0 Å². The van der Waals surface area contributed by atoms with Gasteiger partial charge in [0.2, 0.25) is 0 Å². The number of halogens is 1. The molecule has 102 valence electrons. The maximum absolute atomic E-state index is 11.2. The second-order valence-electron chi connectivity index (χ2n) is 3.88. The summed E-state index contributed by atoms with van der Waals surface area (Å²) in [5.74, 6) is -0.328. The van der Waals surface area contributed by atoms with Crippen LogP contribution in [-0.2, 0) is 11.3 Å². The number of aliphatic hydroxyl groups is 1. The zero-order chi connectivity index (χ0) is 12.7. The molecule has 1 rings (SSSR count). The van der Waals surface area contributed by atoms with Crippen LogP contribution in [0.2, 0.25) is 0 Å². The second kappa shape index (κ2) is 8.91. The number of ether oxygens (including phenoxy) is 1. The first-order chi connectivity index (χ1) is 8.17. The van der Waals surface area contributed by atoms with Crippen LogP contribution in [0.5, 0.6) is 0 Å². The number of esters is 1. The first kappa shape index (κ1) is 16.9. The number of hydrogen-bond acceptors (Lipinski definition) is 4. The minimum absolute atomic E-state index is 0. The predicted octanol–water partition coefficient (Wildman–Crippen LogP) is 1.76. The van der Waals surface area contributed by atoms with E-state index in [4.69, 9.17) is 0 Å². The Hall–Kier alpha value is -1.10. The average Bonchev–Trinajstić information content (AvgIpc) is 2.38. The third kappa shape index (κ3) is 5.49. The first-order valence-corrected chi connectivity index (χ1v) is 5.73. The molecule has 1 unspecified atom stereocenters. The Morgan fingerprint density at radius 2 is 2.00 bits per heavy atom. The van der Waals surface area contributed by atoms with Crippen molar-refractivity contribution in [2.45, 2.75) is 26.0 Å². The Bertz CT molecular complexity index is 354. The van der Waals surface area contributed by atoms with E-state index in [1.165, 1.54) is 7.11 Å². The number of aliphatic hydroxyl groups excluding tert-OH is 1. The van der Waals surface area contributed by atoms with E-state index in [1.807, 2.05) is 19.1 Å². The molecular formula is C13H20ClNO3. The third-order valence-corrected chi connectivity index (χ3v) is 2.56. The predicted molar refractivity (Wildman–Crippen MR) is 73.0 cm³/mol. The molecule has 0 spiro atoms. The minimum atomic E-state index is -0.328. The molecule has 0 heterocycles. The molecule has 5 heteroatoms. The fraction of sp³-hybridized carbons (Fsp3) is 0.462. The second-order valence-corrected chi connectivity index (χ2v) is 3.88. The SMILES string of the molecule is CCC(O)CNCc1ccc(C(=O)OC)cc1.Cl. The summed E-state index contributed by atoms with van der Waals surface area (Å²) in [6.45, 7) is 3.20. The van der Waals surface area contributed by atoms with Crippen molar-refractivity contribution >= 4 is 18.4 Å². The van der Waals surface area contributed by atoms with Gasteiger partial charge in [0, 0.05) is 13.1 Å². The van der Waals surface area contributed by atoms with E-state index in [0.717, 1.165) is 12.0 Å². The van der Waals surface area contributed by atoms with Gasteiger partial charge in [0.05, 0.1) is 18.8 Å². The Kier molecular flexibility index (Phi) is 8.37. The quantitative estimate of drug-likeness (QED) is 0.776. The van der Waals surface area contributed by atoms with Crippen molar-refractivity contribution < 1.29 is 14.6 Å². The van der Waals surface area contributed by atoms with Crippen LogP contribution in [0, 0.1) is 0 Å². The van der Waals surface area contributed by atoms with E-state index >= 15 is 0 Å². The molecule has 0 bridgehead atoms. The highest BCUT2D eigenvalue weighted by molar-refractivity contribution is 5.89. The van der Waals surface area contributed by atoms with Gasteiger partial charge in [-0.1, -0.05) is 19.1 Å². The summed E-state index contributed by atoms with van der Waals surface area (Å²) in [5.41, 5.74) is 1.62. The van der Waals surface area contributed by atoms with Gasteiger partial charge in [-0.05, 0) is 24.1 Å². The van der Waals surface area contributed by atoms with E-state index in [9.17, 15) is 9.90 Å². The Labute approximate surface area is 114 Å². The number of hydrogen-bond donors (Lipinski definition) is 2. The lowest BCUT2D eigenvalue weighted by Gasteiger charge is -2.09. The molecule has 0 aliphatic heterocycles. The molecule has 2 N–H and O–H groups in total. The summed E-state index contributed by atoms with van der Waals surface area (Å²) in [6, 6.07) is 7.22. The van der Waals surface area contributed by atoms with E-state index in [0.29, 0.717) is 18.7 Å². The fourth-order valence-corrected chi connectivity index (χ4v) is 1.40. The number of carbonyl (C=O) groups is 1. The Morgan fingerprint density at radius 3 is 2.50 bits per heavy atom. The molecule has 0 radical (unpaired) electrons. The number of rotatable bonds is 6. The van der Waals surface area contributed by atoms with Crippen LogP contribution in [0.15, 0.2) is 24.3 Å². The van der Waals surface area contributed by atoms with Crippen LogP contribution in [-0.4, -0.2) is 30.8 Å². The summed E-state index contributed by atoms with van der Waals surface area (Å²) in [6.07, 6.45) is 0.443. The lowest BCUT2D eigenvalue weighted by atomic mass is 10.1. The maximum atomic E-state index is 11.2. The zero-order valence-corrected chi connectivity index (χ0v) is 11.5. The van der Waals surface area contributed by atoms with Crippen molar-refractivity contribution in [2.75, 3.05) is 13.7 Å².